The van der Waals surface area contributed by atoms with Crippen LogP contribution in [-0.4, -0.2) is 40.5 Å². The number of amides is 1. The molecule has 0 aromatic carbocycles. The molecule has 0 bridgehead atoms. The minimum Gasteiger partial charge on any atom is -0.392 e. The first-order valence-electron chi connectivity index (χ1n) is 7.45. The number of likely N-dealkylation sites (tertiary alicyclic amines) is 1. The first kappa shape index (κ1) is 14.7. The van der Waals surface area contributed by atoms with Crippen LogP contribution in [0.4, 0.5) is 0 Å². The lowest BCUT2D eigenvalue weighted by Crippen LogP contribution is -2.52. The number of carbonyl (C=O) groups excluding carboxylic acids is 1. The predicted molar refractivity (Wildman–Crippen MR) is 81.0 cm³/mol. The second-order valence-electron chi connectivity index (χ2n) is 5.82. The predicted octanol–water partition coefficient (Wildman–Crippen LogP) is 1.57. The molecule has 2 atom stereocenters. The van der Waals surface area contributed by atoms with E-state index in [1.807, 2.05) is 6.92 Å². The van der Waals surface area contributed by atoms with E-state index in [0.29, 0.717) is 11.0 Å². The highest BCUT2D eigenvalue weighted by Crippen LogP contribution is 2.22. The summed E-state index contributed by atoms with van der Waals surface area (Å²) in [6.07, 6.45) is 8.07. The molecule has 1 amide bonds. The first-order chi connectivity index (χ1) is 9.09. The molecule has 2 unspecified atom stereocenters. The molecule has 0 radical (unpaired) electrons. The van der Waals surface area contributed by atoms with E-state index in [-0.39, 0.29) is 18.0 Å². The average Bonchev–Trinajstić information content (AvgIpc) is 2.88. The molecule has 1 aliphatic heterocycles. The van der Waals surface area contributed by atoms with Crippen molar-refractivity contribution in [3.8, 4) is 0 Å². The Labute approximate surface area is 121 Å². The van der Waals surface area contributed by atoms with Crippen LogP contribution < -0.4 is 11.1 Å². The lowest BCUT2D eigenvalue weighted by Gasteiger charge is -2.31. The second-order valence-corrected chi connectivity index (χ2v) is 6.29. The van der Waals surface area contributed by atoms with Crippen molar-refractivity contribution in [1.82, 2.24) is 10.2 Å². The smallest absolute Gasteiger partial charge is 0.237 e. The lowest BCUT2D eigenvalue weighted by atomic mass is 9.95. The SMILES string of the molecule is CC(C(=O)NC1CCCCC1)N1CCCC1C(N)=S. The molecule has 5 heteroatoms. The molecule has 19 heavy (non-hydrogen) atoms. The molecule has 2 fully saturated rings. The fraction of sp³-hybridized carbons (Fsp3) is 0.857. The molecule has 0 aromatic rings. The maximum absolute atomic E-state index is 12.3. The van der Waals surface area contributed by atoms with Crippen LogP contribution >= 0.6 is 12.2 Å². The van der Waals surface area contributed by atoms with Gasteiger partial charge in [0.05, 0.1) is 17.1 Å². The van der Waals surface area contributed by atoms with E-state index in [0.717, 1.165) is 32.2 Å². The third kappa shape index (κ3) is 3.66. The molecule has 1 aliphatic carbocycles. The van der Waals surface area contributed by atoms with Crippen molar-refractivity contribution < 1.29 is 4.79 Å². The van der Waals surface area contributed by atoms with E-state index < -0.39 is 0 Å². The number of nitrogens with one attached hydrogen (secondary N) is 1. The van der Waals surface area contributed by atoms with Crippen LogP contribution in [0.1, 0.15) is 51.9 Å². The van der Waals surface area contributed by atoms with Gasteiger partial charge in [0, 0.05) is 6.04 Å². The lowest BCUT2D eigenvalue weighted by molar-refractivity contribution is -0.126. The first-order valence-corrected chi connectivity index (χ1v) is 7.86. The van der Waals surface area contributed by atoms with Crippen LogP contribution in [0, 0.1) is 0 Å². The van der Waals surface area contributed by atoms with Gasteiger partial charge in [0.15, 0.2) is 0 Å². The summed E-state index contributed by atoms with van der Waals surface area (Å²) in [5, 5.41) is 3.19. The Morgan fingerprint density at radius 1 is 1.26 bits per heavy atom. The molecule has 0 aromatic heterocycles. The summed E-state index contributed by atoms with van der Waals surface area (Å²) in [5.74, 6) is 0.134. The Morgan fingerprint density at radius 2 is 1.95 bits per heavy atom. The zero-order chi connectivity index (χ0) is 13.8. The van der Waals surface area contributed by atoms with Gasteiger partial charge in [-0.1, -0.05) is 31.5 Å². The Kier molecular flexibility index (Phi) is 5.16. The van der Waals surface area contributed by atoms with Crippen molar-refractivity contribution in [2.75, 3.05) is 6.54 Å². The highest BCUT2D eigenvalue weighted by atomic mass is 32.1. The summed E-state index contributed by atoms with van der Waals surface area (Å²) in [6, 6.07) is 0.340. The van der Waals surface area contributed by atoms with E-state index in [4.69, 9.17) is 18.0 Å². The Morgan fingerprint density at radius 3 is 2.58 bits per heavy atom. The fourth-order valence-electron chi connectivity index (χ4n) is 3.28. The summed E-state index contributed by atoms with van der Waals surface area (Å²) >= 11 is 5.10. The van der Waals surface area contributed by atoms with E-state index in [9.17, 15) is 4.79 Å². The van der Waals surface area contributed by atoms with Crippen LogP contribution in [0.5, 0.6) is 0 Å². The molecular formula is C14H25N3OS. The standard InChI is InChI=1S/C14H25N3OS/c1-10(17-9-5-8-12(17)13(15)19)14(18)16-11-6-3-2-4-7-11/h10-12H,2-9H2,1H3,(H2,15,19)(H,16,18). The number of hydrogen-bond acceptors (Lipinski definition) is 3. The quantitative estimate of drug-likeness (QED) is 0.769. The molecule has 108 valence electrons. The van der Waals surface area contributed by atoms with Crippen LogP contribution in [0.15, 0.2) is 0 Å². The van der Waals surface area contributed by atoms with Crippen LogP contribution in [-0.2, 0) is 4.79 Å². The number of nitrogens with two attached hydrogens (primary N) is 1. The topological polar surface area (TPSA) is 58.4 Å². The molecule has 1 saturated carbocycles. The molecule has 2 aliphatic rings. The van der Waals surface area contributed by atoms with Gasteiger partial charge in [-0.15, -0.1) is 0 Å². The molecular weight excluding hydrogens is 258 g/mol. The highest BCUT2D eigenvalue weighted by Gasteiger charge is 2.34. The van der Waals surface area contributed by atoms with Crippen LogP contribution in [0.25, 0.3) is 0 Å². The van der Waals surface area contributed by atoms with Gasteiger partial charge in [-0.2, -0.15) is 0 Å². The molecule has 1 saturated heterocycles. The molecule has 3 N–H and O–H groups in total. The van der Waals surface area contributed by atoms with E-state index in [1.165, 1.54) is 19.3 Å². The second kappa shape index (κ2) is 6.66. The molecule has 2 rings (SSSR count). The number of thiocarbonyl (C=S) groups is 1. The van der Waals surface area contributed by atoms with E-state index >= 15 is 0 Å². The van der Waals surface area contributed by atoms with Crippen molar-refractivity contribution in [2.45, 2.75) is 70.0 Å². The molecule has 4 nitrogen and oxygen atoms in total. The minimum atomic E-state index is -0.129. The Balaban J connectivity index is 1.88. The van der Waals surface area contributed by atoms with Gasteiger partial charge in [0.1, 0.15) is 0 Å². The highest BCUT2D eigenvalue weighted by molar-refractivity contribution is 7.80. The monoisotopic (exact) mass is 283 g/mol. The van der Waals surface area contributed by atoms with Gasteiger partial charge < -0.3 is 11.1 Å². The van der Waals surface area contributed by atoms with Crippen molar-refractivity contribution in [3.63, 3.8) is 0 Å². The minimum absolute atomic E-state index is 0.0992. The Bertz CT molecular complexity index is 342. The van der Waals surface area contributed by atoms with Crippen molar-refractivity contribution >= 4 is 23.1 Å². The Hall–Kier alpha value is -0.680. The summed E-state index contributed by atoms with van der Waals surface area (Å²) in [5.41, 5.74) is 5.77. The largest absolute Gasteiger partial charge is 0.392 e. The van der Waals surface area contributed by atoms with Crippen LogP contribution in [0.2, 0.25) is 0 Å². The van der Waals surface area contributed by atoms with Gasteiger partial charge >= 0.3 is 0 Å². The van der Waals surface area contributed by atoms with E-state index in [2.05, 4.69) is 10.2 Å². The number of rotatable bonds is 4. The summed E-state index contributed by atoms with van der Waals surface area (Å²) in [6.45, 7) is 2.88. The van der Waals surface area contributed by atoms with Crippen molar-refractivity contribution in [1.29, 1.82) is 0 Å². The fourth-order valence-corrected chi connectivity index (χ4v) is 3.53. The van der Waals surface area contributed by atoms with Crippen molar-refractivity contribution in [3.05, 3.63) is 0 Å². The summed E-state index contributed by atoms with van der Waals surface area (Å²) < 4.78 is 0. The normalized spacial score (nSPS) is 27.1. The average molecular weight is 283 g/mol. The van der Waals surface area contributed by atoms with E-state index in [1.54, 1.807) is 0 Å². The number of carbonyl (C=O) groups is 1. The third-order valence-corrected chi connectivity index (χ3v) is 4.72. The van der Waals surface area contributed by atoms with Gasteiger partial charge in [-0.25, -0.2) is 0 Å². The van der Waals surface area contributed by atoms with Crippen LogP contribution in [0.3, 0.4) is 0 Å². The van der Waals surface area contributed by atoms with Gasteiger partial charge in [-0.05, 0) is 39.2 Å². The van der Waals surface area contributed by atoms with Crippen molar-refractivity contribution in [2.24, 2.45) is 5.73 Å². The number of nitrogens with zero attached hydrogens (tertiary/aromatic N) is 1. The number of hydrogen-bond donors (Lipinski definition) is 2. The summed E-state index contributed by atoms with van der Waals surface area (Å²) in [7, 11) is 0. The third-order valence-electron chi connectivity index (χ3n) is 4.45. The van der Waals surface area contributed by atoms with Gasteiger partial charge in [-0.3, -0.25) is 9.69 Å². The zero-order valence-electron chi connectivity index (χ0n) is 11.7. The maximum atomic E-state index is 12.3. The zero-order valence-corrected chi connectivity index (χ0v) is 12.5. The summed E-state index contributed by atoms with van der Waals surface area (Å²) in [4.78, 5) is 15.0. The van der Waals surface area contributed by atoms with Gasteiger partial charge in [0.2, 0.25) is 5.91 Å². The molecule has 1 heterocycles. The molecule has 0 spiro atoms. The maximum Gasteiger partial charge on any atom is 0.237 e. The van der Waals surface area contributed by atoms with Gasteiger partial charge in [0.25, 0.3) is 0 Å².